The minimum Gasteiger partial charge on any atom is -0.481 e. The van der Waals surface area contributed by atoms with Crippen LogP contribution in [0, 0.1) is 5.92 Å². The number of carbonyl (C=O) groups excluding carboxylic acids is 1. The zero-order valence-electron chi connectivity index (χ0n) is 9.93. The van der Waals surface area contributed by atoms with E-state index in [9.17, 15) is 9.59 Å². The molecule has 17 heavy (non-hydrogen) atoms. The van der Waals surface area contributed by atoms with Crippen LogP contribution in [0.2, 0.25) is 0 Å². The summed E-state index contributed by atoms with van der Waals surface area (Å²) >= 11 is 0. The topological polar surface area (TPSA) is 66.8 Å². The number of nitrogens with zero attached hydrogens (tertiary/aromatic N) is 1. The lowest BCUT2D eigenvalue weighted by atomic mass is 10.0. The molecule has 96 valence electrons. The first-order chi connectivity index (χ1) is 8.18. The van der Waals surface area contributed by atoms with Crippen LogP contribution in [0.1, 0.15) is 32.1 Å². The largest absolute Gasteiger partial charge is 0.481 e. The summed E-state index contributed by atoms with van der Waals surface area (Å²) in [6, 6.07) is 0.311. The number of ether oxygens (including phenoxy) is 1. The highest BCUT2D eigenvalue weighted by Gasteiger charge is 2.36. The SMILES string of the molecule is O=C(O)CCC1CCN(C2CCOCC2)C1=O. The van der Waals surface area contributed by atoms with E-state index in [0.717, 1.165) is 39.0 Å². The number of hydrogen-bond donors (Lipinski definition) is 1. The summed E-state index contributed by atoms with van der Waals surface area (Å²) in [4.78, 5) is 24.6. The van der Waals surface area contributed by atoms with E-state index < -0.39 is 5.97 Å². The fourth-order valence-electron chi connectivity index (χ4n) is 2.69. The molecule has 0 aromatic rings. The molecule has 5 heteroatoms. The number of carbonyl (C=O) groups is 2. The van der Waals surface area contributed by atoms with Gasteiger partial charge in [-0.3, -0.25) is 9.59 Å². The van der Waals surface area contributed by atoms with Crippen molar-refractivity contribution in [1.29, 1.82) is 0 Å². The molecular formula is C12H19NO4. The zero-order valence-corrected chi connectivity index (χ0v) is 9.93. The zero-order chi connectivity index (χ0) is 12.3. The molecule has 0 spiro atoms. The second kappa shape index (κ2) is 5.49. The molecule has 1 amide bonds. The Labute approximate surface area is 101 Å². The van der Waals surface area contributed by atoms with Gasteiger partial charge >= 0.3 is 5.97 Å². The predicted octanol–water partition coefficient (Wildman–Crippen LogP) is 0.879. The van der Waals surface area contributed by atoms with Crippen molar-refractivity contribution in [3.63, 3.8) is 0 Å². The number of likely N-dealkylation sites (tertiary alicyclic amines) is 1. The van der Waals surface area contributed by atoms with Crippen LogP contribution in [-0.4, -0.2) is 47.7 Å². The third-order valence-corrected chi connectivity index (χ3v) is 3.69. The monoisotopic (exact) mass is 241 g/mol. The first kappa shape index (κ1) is 12.4. The maximum Gasteiger partial charge on any atom is 0.303 e. The van der Waals surface area contributed by atoms with Gasteiger partial charge in [-0.25, -0.2) is 0 Å². The van der Waals surface area contributed by atoms with Crippen molar-refractivity contribution in [2.45, 2.75) is 38.1 Å². The fourth-order valence-corrected chi connectivity index (χ4v) is 2.69. The standard InChI is InChI=1S/C12H19NO4/c14-11(15)2-1-9-3-6-13(12(9)16)10-4-7-17-8-5-10/h9-10H,1-8H2,(H,14,15). The molecular weight excluding hydrogens is 222 g/mol. The first-order valence-corrected chi connectivity index (χ1v) is 6.28. The van der Waals surface area contributed by atoms with Crippen molar-refractivity contribution in [2.24, 2.45) is 5.92 Å². The van der Waals surface area contributed by atoms with Gasteiger partial charge in [-0.2, -0.15) is 0 Å². The molecule has 5 nitrogen and oxygen atoms in total. The van der Waals surface area contributed by atoms with Gasteiger partial charge in [0.05, 0.1) is 0 Å². The maximum absolute atomic E-state index is 12.1. The maximum atomic E-state index is 12.1. The highest BCUT2D eigenvalue weighted by molar-refractivity contribution is 5.81. The molecule has 2 rings (SSSR count). The average molecular weight is 241 g/mol. The highest BCUT2D eigenvalue weighted by Crippen LogP contribution is 2.27. The smallest absolute Gasteiger partial charge is 0.303 e. The molecule has 0 bridgehead atoms. The minimum atomic E-state index is -0.817. The first-order valence-electron chi connectivity index (χ1n) is 6.28. The predicted molar refractivity (Wildman–Crippen MR) is 60.5 cm³/mol. The van der Waals surface area contributed by atoms with Crippen LogP contribution in [0.5, 0.6) is 0 Å². The van der Waals surface area contributed by atoms with Gasteiger partial charge in [-0.1, -0.05) is 0 Å². The normalized spacial score (nSPS) is 26.5. The highest BCUT2D eigenvalue weighted by atomic mass is 16.5. The van der Waals surface area contributed by atoms with Gasteiger partial charge < -0.3 is 14.7 Å². The van der Waals surface area contributed by atoms with Crippen molar-refractivity contribution in [1.82, 2.24) is 4.90 Å². The van der Waals surface area contributed by atoms with Crippen molar-refractivity contribution < 1.29 is 19.4 Å². The summed E-state index contributed by atoms with van der Waals surface area (Å²) in [7, 11) is 0. The van der Waals surface area contributed by atoms with Crippen molar-refractivity contribution in [3.8, 4) is 0 Å². The molecule has 2 aliphatic heterocycles. The van der Waals surface area contributed by atoms with Gasteiger partial charge in [0.15, 0.2) is 0 Å². The molecule has 1 atom stereocenters. The van der Waals surface area contributed by atoms with Gasteiger partial charge in [0.1, 0.15) is 0 Å². The fraction of sp³-hybridized carbons (Fsp3) is 0.833. The average Bonchev–Trinajstić information content (AvgIpc) is 2.69. The van der Waals surface area contributed by atoms with E-state index in [1.807, 2.05) is 4.90 Å². The lowest BCUT2D eigenvalue weighted by Crippen LogP contribution is -2.41. The van der Waals surface area contributed by atoms with Crippen LogP contribution in [0.25, 0.3) is 0 Å². The molecule has 1 N–H and O–H groups in total. The molecule has 1 unspecified atom stereocenters. The van der Waals surface area contributed by atoms with Crippen LogP contribution in [0.3, 0.4) is 0 Å². The summed E-state index contributed by atoms with van der Waals surface area (Å²) in [5.41, 5.74) is 0. The Bertz CT molecular complexity index is 299. The minimum absolute atomic E-state index is 0.0751. The molecule has 0 aliphatic carbocycles. The van der Waals surface area contributed by atoms with Gasteiger partial charge in [-0.05, 0) is 25.7 Å². The van der Waals surface area contributed by atoms with E-state index in [2.05, 4.69) is 0 Å². The van der Waals surface area contributed by atoms with Crippen LogP contribution in [0.15, 0.2) is 0 Å². The van der Waals surface area contributed by atoms with Crippen LogP contribution in [0.4, 0.5) is 0 Å². The van der Waals surface area contributed by atoms with Gasteiger partial charge in [-0.15, -0.1) is 0 Å². The number of aliphatic carboxylic acids is 1. The number of hydrogen-bond acceptors (Lipinski definition) is 3. The lowest BCUT2D eigenvalue weighted by Gasteiger charge is -2.31. The molecule has 0 saturated carbocycles. The van der Waals surface area contributed by atoms with Crippen molar-refractivity contribution >= 4 is 11.9 Å². The van der Waals surface area contributed by atoms with E-state index in [4.69, 9.17) is 9.84 Å². The van der Waals surface area contributed by atoms with Crippen LogP contribution in [-0.2, 0) is 14.3 Å². The van der Waals surface area contributed by atoms with E-state index in [-0.39, 0.29) is 18.2 Å². The number of carboxylic acid groups (broad SMARTS) is 1. The summed E-state index contributed by atoms with van der Waals surface area (Å²) in [5, 5.41) is 8.63. The Morgan fingerprint density at radius 2 is 2.06 bits per heavy atom. The Balaban J connectivity index is 1.85. The van der Waals surface area contributed by atoms with Crippen LogP contribution >= 0.6 is 0 Å². The molecule has 2 saturated heterocycles. The number of rotatable bonds is 4. The van der Waals surface area contributed by atoms with Gasteiger partial charge in [0, 0.05) is 38.1 Å². The van der Waals surface area contributed by atoms with Crippen LogP contribution < -0.4 is 0 Å². The Hall–Kier alpha value is -1.10. The molecule has 2 heterocycles. The molecule has 2 aliphatic rings. The molecule has 0 aromatic carbocycles. The Morgan fingerprint density at radius 3 is 2.71 bits per heavy atom. The van der Waals surface area contributed by atoms with E-state index in [1.54, 1.807) is 0 Å². The molecule has 2 fully saturated rings. The number of amides is 1. The number of carboxylic acids is 1. The summed E-state index contributed by atoms with van der Waals surface area (Å²) in [6.45, 7) is 2.25. The second-order valence-corrected chi connectivity index (χ2v) is 4.79. The van der Waals surface area contributed by atoms with E-state index in [0.29, 0.717) is 12.5 Å². The van der Waals surface area contributed by atoms with Gasteiger partial charge in [0.25, 0.3) is 0 Å². The summed E-state index contributed by atoms with van der Waals surface area (Å²) in [6.07, 6.45) is 3.21. The molecule has 0 radical (unpaired) electrons. The second-order valence-electron chi connectivity index (χ2n) is 4.79. The van der Waals surface area contributed by atoms with E-state index in [1.165, 1.54) is 0 Å². The molecule has 0 aromatic heterocycles. The Morgan fingerprint density at radius 1 is 1.35 bits per heavy atom. The third kappa shape index (κ3) is 2.97. The quantitative estimate of drug-likeness (QED) is 0.793. The summed E-state index contributed by atoms with van der Waals surface area (Å²) in [5.74, 6) is -0.741. The van der Waals surface area contributed by atoms with E-state index >= 15 is 0 Å². The summed E-state index contributed by atoms with van der Waals surface area (Å²) < 4.78 is 5.28. The Kier molecular flexibility index (Phi) is 3.99. The van der Waals surface area contributed by atoms with Gasteiger partial charge in [0.2, 0.25) is 5.91 Å². The third-order valence-electron chi connectivity index (χ3n) is 3.69. The van der Waals surface area contributed by atoms with Crippen molar-refractivity contribution in [2.75, 3.05) is 19.8 Å². The van der Waals surface area contributed by atoms with Crippen molar-refractivity contribution in [3.05, 3.63) is 0 Å². The lowest BCUT2D eigenvalue weighted by molar-refractivity contribution is -0.138.